The van der Waals surface area contributed by atoms with Crippen LogP contribution in [-0.4, -0.2) is 31.1 Å². The molecule has 0 radical (unpaired) electrons. The average molecular weight is 289 g/mol. The molecule has 0 heterocycles. The van der Waals surface area contributed by atoms with Gasteiger partial charge in [0.25, 0.3) is 0 Å². The standard InChI is InChI=1S/C13H18F3N3O/c1-9(7-17)8-19(2)12(20)18-11-5-3-4-10(6-11)13(14,15)16/h3-6,9H,7-8,17H2,1-2H3,(H,18,20). The first-order valence-electron chi connectivity index (χ1n) is 6.13. The number of urea groups is 1. The van der Waals surface area contributed by atoms with Gasteiger partial charge in [-0.05, 0) is 30.7 Å². The van der Waals surface area contributed by atoms with E-state index in [9.17, 15) is 18.0 Å². The lowest BCUT2D eigenvalue weighted by Gasteiger charge is -2.21. The van der Waals surface area contributed by atoms with E-state index < -0.39 is 17.8 Å². The van der Waals surface area contributed by atoms with Gasteiger partial charge in [0, 0.05) is 19.3 Å². The molecule has 0 saturated heterocycles. The highest BCUT2D eigenvalue weighted by molar-refractivity contribution is 5.89. The summed E-state index contributed by atoms with van der Waals surface area (Å²) in [5.41, 5.74) is 4.77. The van der Waals surface area contributed by atoms with E-state index in [0.717, 1.165) is 12.1 Å². The Morgan fingerprint density at radius 1 is 1.45 bits per heavy atom. The van der Waals surface area contributed by atoms with E-state index in [1.165, 1.54) is 17.0 Å². The fourth-order valence-corrected chi connectivity index (χ4v) is 1.62. The molecule has 2 amide bonds. The molecular formula is C13H18F3N3O. The molecule has 0 fully saturated rings. The van der Waals surface area contributed by atoms with Gasteiger partial charge in [-0.15, -0.1) is 0 Å². The lowest BCUT2D eigenvalue weighted by molar-refractivity contribution is -0.137. The average Bonchev–Trinajstić information content (AvgIpc) is 2.37. The summed E-state index contributed by atoms with van der Waals surface area (Å²) >= 11 is 0. The van der Waals surface area contributed by atoms with Crippen molar-refractivity contribution in [3.8, 4) is 0 Å². The number of benzene rings is 1. The number of carbonyl (C=O) groups is 1. The van der Waals surface area contributed by atoms with Gasteiger partial charge in [0.2, 0.25) is 0 Å². The van der Waals surface area contributed by atoms with Crippen molar-refractivity contribution < 1.29 is 18.0 Å². The van der Waals surface area contributed by atoms with Crippen LogP contribution in [0.5, 0.6) is 0 Å². The maximum Gasteiger partial charge on any atom is 0.416 e. The minimum absolute atomic E-state index is 0.108. The number of hydrogen-bond acceptors (Lipinski definition) is 2. The molecule has 4 nitrogen and oxygen atoms in total. The van der Waals surface area contributed by atoms with Gasteiger partial charge in [-0.2, -0.15) is 13.2 Å². The topological polar surface area (TPSA) is 58.4 Å². The summed E-state index contributed by atoms with van der Waals surface area (Å²) < 4.78 is 37.6. The zero-order chi connectivity index (χ0) is 15.3. The largest absolute Gasteiger partial charge is 0.416 e. The SMILES string of the molecule is CC(CN)CN(C)C(=O)Nc1cccc(C(F)(F)F)c1. The van der Waals surface area contributed by atoms with Gasteiger partial charge in [-0.25, -0.2) is 4.79 Å². The summed E-state index contributed by atoms with van der Waals surface area (Å²) in [4.78, 5) is 13.2. The Morgan fingerprint density at radius 3 is 2.65 bits per heavy atom. The molecule has 20 heavy (non-hydrogen) atoms. The van der Waals surface area contributed by atoms with Crippen LogP contribution in [0.3, 0.4) is 0 Å². The second-order valence-corrected chi connectivity index (χ2v) is 4.73. The predicted molar refractivity (Wildman–Crippen MR) is 71.3 cm³/mol. The van der Waals surface area contributed by atoms with Gasteiger partial charge < -0.3 is 16.0 Å². The number of halogens is 3. The molecule has 0 spiro atoms. The van der Waals surface area contributed by atoms with Crippen molar-refractivity contribution in [1.29, 1.82) is 0 Å². The molecule has 1 unspecified atom stereocenters. The van der Waals surface area contributed by atoms with Crippen LogP contribution in [0.2, 0.25) is 0 Å². The summed E-state index contributed by atoms with van der Waals surface area (Å²) in [5.74, 6) is 0.118. The first kappa shape index (κ1) is 16.3. The third-order valence-electron chi connectivity index (χ3n) is 2.78. The monoisotopic (exact) mass is 289 g/mol. The summed E-state index contributed by atoms with van der Waals surface area (Å²) in [6.45, 7) is 2.75. The number of carbonyl (C=O) groups excluding carboxylic acids is 1. The molecule has 7 heteroatoms. The Kier molecular flexibility index (Phi) is 5.38. The molecule has 0 aromatic heterocycles. The lowest BCUT2D eigenvalue weighted by atomic mass is 10.2. The van der Waals surface area contributed by atoms with E-state index in [4.69, 9.17) is 5.73 Å². The van der Waals surface area contributed by atoms with E-state index >= 15 is 0 Å². The van der Waals surface area contributed by atoms with Gasteiger partial charge in [-0.3, -0.25) is 0 Å². The van der Waals surface area contributed by atoms with Crippen LogP contribution in [0.25, 0.3) is 0 Å². The van der Waals surface area contributed by atoms with E-state index in [2.05, 4.69) is 5.32 Å². The number of nitrogens with one attached hydrogen (secondary N) is 1. The van der Waals surface area contributed by atoms with E-state index in [1.54, 1.807) is 7.05 Å². The molecule has 0 bridgehead atoms. The van der Waals surface area contributed by atoms with Crippen molar-refractivity contribution in [2.24, 2.45) is 11.7 Å². The third kappa shape index (κ3) is 4.73. The number of alkyl halides is 3. The quantitative estimate of drug-likeness (QED) is 0.895. The lowest BCUT2D eigenvalue weighted by Crippen LogP contribution is -2.36. The number of rotatable bonds is 4. The van der Waals surface area contributed by atoms with Crippen LogP contribution in [0.4, 0.5) is 23.7 Å². The van der Waals surface area contributed by atoms with Crippen molar-refractivity contribution >= 4 is 11.7 Å². The molecule has 0 aliphatic heterocycles. The maximum absolute atomic E-state index is 12.5. The second-order valence-electron chi connectivity index (χ2n) is 4.73. The highest BCUT2D eigenvalue weighted by Gasteiger charge is 2.30. The normalized spacial score (nSPS) is 12.9. The van der Waals surface area contributed by atoms with Crippen molar-refractivity contribution in [3.63, 3.8) is 0 Å². The molecule has 1 rings (SSSR count). The fraction of sp³-hybridized carbons (Fsp3) is 0.462. The van der Waals surface area contributed by atoms with Crippen LogP contribution in [0, 0.1) is 5.92 Å². The summed E-state index contributed by atoms with van der Waals surface area (Å²) in [7, 11) is 1.56. The van der Waals surface area contributed by atoms with Gasteiger partial charge in [0.15, 0.2) is 0 Å². The minimum Gasteiger partial charge on any atom is -0.330 e. The highest BCUT2D eigenvalue weighted by Crippen LogP contribution is 2.30. The van der Waals surface area contributed by atoms with Crippen LogP contribution in [0.15, 0.2) is 24.3 Å². The first-order valence-corrected chi connectivity index (χ1v) is 6.13. The Labute approximate surface area is 115 Å². The number of nitrogens with two attached hydrogens (primary N) is 1. The van der Waals surface area contributed by atoms with Crippen LogP contribution < -0.4 is 11.1 Å². The number of hydrogen-bond donors (Lipinski definition) is 2. The van der Waals surface area contributed by atoms with Crippen LogP contribution >= 0.6 is 0 Å². The van der Waals surface area contributed by atoms with Crippen molar-refractivity contribution in [2.75, 3.05) is 25.5 Å². The van der Waals surface area contributed by atoms with Crippen molar-refractivity contribution in [2.45, 2.75) is 13.1 Å². The van der Waals surface area contributed by atoms with Gasteiger partial charge in [-0.1, -0.05) is 13.0 Å². The number of anilines is 1. The molecular weight excluding hydrogens is 271 g/mol. The van der Waals surface area contributed by atoms with Crippen molar-refractivity contribution in [3.05, 3.63) is 29.8 Å². The van der Waals surface area contributed by atoms with E-state index in [0.29, 0.717) is 13.1 Å². The molecule has 3 N–H and O–H groups in total. The summed E-state index contributed by atoms with van der Waals surface area (Å²) in [6.07, 6.45) is -4.43. The molecule has 112 valence electrons. The van der Waals surface area contributed by atoms with E-state index in [-0.39, 0.29) is 11.6 Å². The van der Waals surface area contributed by atoms with Gasteiger partial charge >= 0.3 is 12.2 Å². The summed E-state index contributed by atoms with van der Waals surface area (Å²) in [5, 5.41) is 2.43. The number of nitrogens with zero attached hydrogens (tertiary/aromatic N) is 1. The first-order chi connectivity index (χ1) is 9.24. The Morgan fingerprint density at radius 2 is 2.10 bits per heavy atom. The summed E-state index contributed by atoms with van der Waals surface area (Å²) in [6, 6.07) is 4.05. The Balaban J connectivity index is 2.71. The fourth-order valence-electron chi connectivity index (χ4n) is 1.62. The molecule has 1 aromatic carbocycles. The molecule has 0 aliphatic carbocycles. The minimum atomic E-state index is -4.43. The smallest absolute Gasteiger partial charge is 0.330 e. The Hall–Kier alpha value is -1.76. The molecule has 0 saturated carbocycles. The molecule has 0 aliphatic rings. The van der Waals surface area contributed by atoms with Gasteiger partial charge in [0.05, 0.1) is 5.56 Å². The predicted octanol–water partition coefficient (Wildman–Crippen LogP) is 2.76. The van der Waals surface area contributed by atoms with E-state index in [1.807, 2.05) is 6.92 Å². The van der Waals surface area contributed by atoms with Crippen molar-refractivity contribution in [1.82, 2.24) is 4.90 Å². The zero-order valence-electron chi connectivity index (χ0n) is 11.4. The van der Waals surface area contributed by atoms with Crippen LogP contribution in [0.1, 0.15) is 12.5 Å². The highest BCUT2D eigenvalue weighted by atomic mass is 19.4. The number of amides is 2. The Bertz CT molecular complexity index is 462. The zero-order valence-corrected chi connectivity index (χ0v) is 11.4. The molecule has 1 aromatic rings. The second kappa shape index (κ2) is 6.60. The van der Waals surface area contributed by atoms with Gasteiger partial charge in [0.1, 0.15) is 0 Å². The maximum atomic E-state index is 12.5. The van der Waals surface area contributed by atoms with Crippen LogP contribution in [-0.2, 0) is 6.18 Å². The third-order valence-corrected chi connectivity index (χ3v) is 2.78. The molecule has 1 atom stereocenters.